The van der Waals surface area contributed by atoms with E-state index in [-0.39, 0.29) is 11.5 Å². The number of anilines is 1. The fraction of sp³-hybridized carbons (Fsp3) is 0.500. The molecule has 84 valence electrons. The summed E-state index contributed by atoms with van der Waals surface area (Å²) in [7, 11) is 0. The first kappa shape index (κ1) is 12.0. The Morgan fingerprint density at radius 3 is 2.67 bits per heavy atom. The van der Waals surface area contributed by atoms with E-state index < -0.39 is 0 Å². The molecule has 0 aliphatic carbocycles. The third-order valence-electron chi connectivity index (χ3n) is 2.52. The fourth-order valence-corrected chi connectivity index (χ4v) is 1.63. The van der Waals surface area contributed by atoms with Gasteiger partial charge in [0.15, 0.2) is 0 Å². The maximum Gasteiger partial charge on any atom is 0.146 e. The third-order valence-corrected chi connectivity index (χ3v) is 2.52. The summed E-state index contributed by atoms with van der Waals surface area (Å²) in [5, 5.41) is 0. The van der Waals surface area contributed by atoms with Gasteiger partial charge in [-0.05, 0) is 31.1 Å². The Morgan fingerprint density at radius 1 is 1.33 bits per heavy atom. The Hall–Kier alpha value is -1.09. The highest BCUT2D eigenvalue weighted by molar-refractivity contribution is 5.47. The van der Waals surface area contributed by atoms with Crippen LogP contribution in [0.15, 0.2) is 18.2 Å². The molecule has 15 heavy (non-hydrogen) atoms. The summed E-state index contributed by atoms with van der Waals surface area (Å²) in [5.74, 6) is -0.319. The van der Waals surface area contributed by atoms with Crippen LogP contribution in [0.5, 0.6) is 0 Å². The topological polar surface area (TPSA) is 29.3 Å². The maximum atomic E-state index is 13.2. The van der Waals surface area contributed by atoms with Crippen LogP contribution in [0.4, 0.5) is 10.1 Å². The minimum Gasteiger partial charge on any atom is -0.396 e. The molecule has 1 aromatic rings. The van der Waals surface area contributed by atoms with Crippen LogP contribution in [-0.2, 0) is 6.54 Å². The average Bonchev–Trinajstić information content (AvgIpc) is 2.24. The molecule has 1 rings (SSSR count). The van der Waals surface area contributed by atoms with Gasteiger partial charge in [0.1, 0.15) is 5.82 Å². The minimum absolute atomic E-state index is 0.284. The fourth-order valence-electron chi connectivity index (χ4n) is 1.63. The smallest absolute Gasteiger partial charge is 0.146 e. The van der Waals surface area contributed by atoms with E-state index in [2.05, 4.69) is 18.7 Å². The lowest BCUT2D eigenvalue weighted by molar-refractivity contribution is 0.281. The summed E-state index contributed by atoms with van der Waals surface area (Å²) in [4.78, 5) is 2.26. The van der Waals surface area contributed by atoms with Crippen LogP contribution in [0.1, 0.15) is 25.8 Å². The van der Waals surface area contributed by atoms with E-state index in [1.807, 2.05) is 6.07 Å². The molecule has 0 spiro atoms. The van der Waals surface area contributed by atoms with E-state index in [9.17, 15) is 4.39 Å². The Labute approximate surface area is 90.9 Å². The second-order valence-electron chi connectivity index (χ2n) is 3.68. The lowest BCUT2D eigenvalue weighted by Gasteiger charge is -2.20. The maximum absolute atomic E-state index is 13.2. The van der Waals surface area contributed by atoms with Crippen molar-refractivity contribution in [3.8, 4) is 0 Å². The molecule has 0 amide bonds. The van der Waals surface area contributed by atoms with E-state index >= 15 is 0 Å². The molecule has 0 bridgehead atoms. The van der Waals surface area contributed by atoms with Crippen molar-refractivity contribution >= 4 is 5.69 Å². The highest BCUT2D eigenvalue weighted by Gasteiger charge is 2.07. The van der Waals surface area contributed by atoms with Gasteiger partial charge < -0.3 is 5.73 Å². The van der Waals surface area contributed by atoms with Crippen molar-refractivity contribution in [2.24, 2.45) is 0 Å². The lowest BCUT2D eigenvalue weighted by atomic mass is 10.1. The Bertz CT molecular complexity index is 312. The number of hydrogen-bond donors (Lipinski definition) is 1. The van der Waals surface area contributed by atoms with Crippen molar-refractivity contribution < 1.29 is 4.39 Å². The number of halogens is 1. The van der Waals surface area contributed by atoms with E-state index in [0.29, 0.717) is 0 Å². The number of para-hydroxylation sites is 1. The standard InChI is InChI=1S/C12H19FN2/c1-3-8-15(4-2)9-10-6-5-7-11(13)12(10)14/h5-7H,3-4,8-9,14H2,1-2H3. The van der Waals surface area contributed by atoms with Crippen molar-refractivity contribution in [3.05, 3.63) is 29.6 Å². The van der Waals surface area contributed by atoms with Gasteiger partial charge in [0.2, 0.25) is 0 Å². The molecule has 0 fully saturated rings. The molecular weight excluding hydrogens is 191 g/mol. The molecule has 0 unspecified atom stereocenters. The van der Waals surface area contributed by atoms with Crippen LogP contribution < -0.4 is 5.73 Å². The first-order chi connectivity index (χ1) is 7.19. The average molecular weight is 210 g/mol. The van der Waals surface area contributed by atoms with Crippen LogP contribution >= 0.6 is 0 Å². The number of hydrogen-bond acceptors (Lipinski definition) is 2. The van der Waals surface area contributed by atoms with Crippen molar-refractivity contribution in [2.45, 2.75) is 26.8 Å². The second-order valence-corrected chi connectivity index (χ2v) is 3.68. The van der Waals surface area contributed by atoms with Crippen molar-refractivity contribution in [2.75, 3.05) is 18.8 Å². The van der Waals surface area contributed by atoms with Gasteiger partial charge in [0.25, 0.3) is 0 Å². The monoisotopic (exact) mass is 210 g/mol. The minimum atomic E-state index is -0.319. The molecule has 0 aliphatic rings. The first-order valence-corrected chi connectivity index (χ1v) is 5.44. The molecule has 0 saturated carbocycles. The quantitative estimate of drug-likeness (QED) is 0.757. The molecule has 2 N–H and O–H groups in total. The Balaban J connectivity index is 2.74. The van der Waals surface area contributed by atoms with Gasteiger partial charge in [-0.2, -0.15) is 0 Å². The molecule has 0 aromatic heterocycles. The SMILES string of the molecule is CCCN(CC)Cc1cccc(F)c1N. The number of benzene rings is 1. The molecule has 0 heterocycles. The Kier molecular flexibility index (Phi) is 4.56. The van der Waals surface area contributed by atoms with Crippen LogP contribution in [0, 0.1) is 5.82 Å². The summed E-state index contributed by atoms with van der Waals surface area (Å²) < 4.78 is 13.2. The van der Waals surface area contributed by atoms with Gasteiger partial charge in [-0.3, -0.25) is 4.90 Å². The summed E-state index contributed by atoms with van der Waals surface area (Å²) in [6, 6.07) is 4.99. The summed E-state index contributed by atoms with van der Waals surface area (Å²) in [6.07, 6.45) is 1.10. The van der Waals surface area contributed by atoms with E-state index in [1.54, 1.807) is 6.07 Å². The third kappa shape index (κ3) is 3.20. The molecule has 2 nitrogen and oxygen atoms in total. The van der Waals surface area contributed by atoms with Crippen LogP contribution in [0.25, 0.3) is 0 Å². The van der Waals surface area contributed by atoms with E-state index in [4.69, 9.17) is 5.73 Å². The second kappa shape index (κ2) is 5.71. The highest BCUT2D eigenvalue weighted by atomic mass is 19.1. The summed E-state index contributed by atoms with van der Waals surface area (Å²) >= 11 is 0. The predicted molar refractivity (Wildman–Crippen MR) is 62.1 cm³/mol. The first-order valence-electron chi connectivity index (χ1n) is 5.44. The molecule has 0 atom stereocenters. The molecule has 0 radical (unpaired) electrons. The van der Waals surface area contributed by atoms with Gasteiger partial charge >= 0.3 is 0 Å². The molecular formula is C12H19FN2. The zero-order chi connectivity index (χ0) is 11.3. The largest absolute Gasteiger partial charge is 0.396 e. The number of nitrogens with zero attached hydrogens (tertiary/aromatic N) is 1. The van der Waals surface area contributed by atoms with E-state index in [0.717, 1.165) is 31.6 Å². The lowest BCUT2D eigenvalue weighted by Crippen LogP contribution is -2.24. The van der Waals surface area contributed by atoms with Crippen molar-refractivity contribution in [3.63, 3.8) is 0 Å². The molecule has 0 aliphatic heterocycles. The zero-order valence-electron chi connectivity index (χ0n) is 9.46. The summed E-state index contributed by atoms with van der Waals surface area (Å²) in [5.41, 5.74) is 6.84. The van der Waals surface area contributed by atoms with Crippen LogP contribution in [0.3, 0.4) is 0 Å². The number of nitrogens with two attached hydrogens (primary N) is 1. The Morgan fingerprint density at radius 2 is 2.07 bits per heavy atom. The van der Waals surface area contributed by atoms with Gasteiger partial charge in [-0.15, -0.1) is 0 Å². The van der Waals surface area contributed by atoms with Crippen LogP contribution in [0.2, 0.25) is 0 Å². The van der Waals surface area contributed by atoms with Crippen molar-refractivity contribution in [1.29, 1.82) is 0 Å². The van der Waals surface area contributed by atoms with Crippen molar-refractivity contribution in [1.82, 2.24) is 4.90 Å². The van der Waals surface area contributed by atoms with Crippen LogP contribution in [-0.4, -0.2) is 18.0 Å². The summed E-state index contributed by atoms with van der Waals surface area (Å²) in [6.45, 7) is 6.95. The number of rotatable bonds is 5. The van der Waals surface area contributed by atoms with Gasteiger partial charge in [0.05, 0.1) is 5.69 Å². The zero-order valence-corrected chi connectivity index (χ0v) is 9.46. The predicted octanol–water partition coefficient (Wildman–Crippen LogP) is 2.64. The molecule has 1 aromatic carbocycles. The number of nitrogen functional groups attached to an aromatic ring is 1. The normalized spacial score (nSPS) is 10.9. The van der Waals surface area contributed by atoms with Gasteiger partial charge in [-0.1, -0.05) is 26.0 Å². The molecule has 3 heteroatoms. The van der Waals surface area contributed by atoms with Gasteiger partial charge in [0, 0.05) is 6.54 Å². The van der Waals surface area contributed by atoms with E-state index in [1.165, 1.54) is 6.07 Å². The molecule has 0 saturated heterocycles. The highest BCUT2D eigenvalue weighted by Crippen LogP contribution is 2.17. The van der Waals surface area contributed by atoms with Gasteiger partial charge in [-0.25, -0.2) is 4.39 Å².